The van der Waals surface area contributed by atoms with E-state index in [2.05, 4.69) is 25.3 Å². The molecule has 0 atom stereocenters. The lowest BCUT2D eigenvalue weighted by Crippen LogP contribution is -2.34. The second-order valence-corrected chi connectivity index (χ2v) is 3.28. The summed E-state index contributed by atoms with van der Waals surface area (Å²) in [7, 11) is 0. The van der Waals surface area contributed by atoms with Crippen LogP contribution in [0.5, 0.6) is 0 Å². The minimum absolute atomic E-state index is 0.0401. The van der Waals surface area contributed by atoms with Gasteiger partial charge in [-0.15, -0.1) is 0 Å². The van der Waals surface area contributed by atoms with Crippen LogP contribution in [0.3, 0.4) is 0 Å². The molecule has 0 aromatic carbocycles. The van der Waals surface area contributed by atoms with Gasteiger partial charge in [-0.05, 0) is 12.8 Å². The number of aromatic nitrogens is 2. The van der Waals surface area contributed by atoms with Crippen molar-refractivity contribution in [1.29, 1.82) is 0 Å². The Balaban J connectivity index is 1.62. The summed E-state index contributed by atoms with van der Waals surface area (Å²) in [6.07, 6.45) is 3.60. The third-order valence-electron chi connectivity index (χ3n) is 1.98. The molecular weight excluding hydrogens is 184 g/mol. The predicted octanol–water partition coefficient (Wildman–Crippen LogP) is -0.562. The smallest absolute Gasteiger partial charge is 0.234 e. The van der Waals surface area contributed by atoms with Crippen molar-refractivity contribution < 1.29 is 9.32 Å². The van der Waals surface area contributed by atoms with E-state index in [1.54, 1.807) is 0 Å². The Morgan fingerprint density at radius 3 is 3.14 bits per heavy atom. The van der Waals surface area contributed by atoms with Crippen molar-refractivity contribution in [1.82, 2.24) is 20.8 Å². The van der Waals surface area contributed by atoms with Gasteiger partial charge in [-0.3, -0.25) is 4.79 Å². The number of rotatable bonds is 5. The Kier molecular flexibility index (Phi) is 2.73. The molecule has 6 heteroatoms. The van der Waals surface area contributed by atoms with Crippen LogP contribution in [0, 0.1) is 0 Å². The number of hydrogen-bond acceptors (Lipinski definition) is 5. The van der Waals surface area contributed by atoms with Crippen molar-refractivity contribution in [3.63, 3.8) is 0 Å². The average molecular weight is 196 g/mol. The Bertz CT molecular complexity index is 294. The largest absolute Gasteiger partial charge is 0.348 e. The lowest BCUT2D eigenvalue weighted by atomic mass is 10.5. The minimum atomic E-state index is -0.0401. The molecule has 1 amide bonds. The fraction of sp³-hybridized carbons (Fsp3) is 0.625. The number of hydrogen-bond donors (Lipinski definition) is 2. The van der Waals surface area contributed by atoms with Crippen molar-refractivity contribution in [2.45, 2.75) is 25.4 Å². The average Bonchev–Trinajstić information content (AvgIpc) is 2.87. The Morgan fingerprint density at radius 2 is 2.50 bits per heavy atom. The standard InChI is InChI=1S/C8H12N4O2/c13-8(4-9-6-1-2-6)10-3-7-11-5-14-12-7/h5-6,9H,1-4H2,(H,10,13). The zero-order valence-corrected chi connectivity index (χ0v) is 7.69. The molecule has 14 heavy (non-hydrogen) atoms. The van der Waals surface area contributed by atoms with Gasteiger partial charge in [0.2, 0.25) is 12.3 Å². The molecule has 1 aromatic heterocycles. The van der Waals surface area contributed by atoms with Crippen molar-refractivity contribution in [2.24, 2.45) is 0 Å². The molecule has 0 aliphatic heterocycles. The monoisotopic (exact) mass is 196 g/mol. The Morgan fingerprint density at radius 1 is 1.64 bits per heavy atom. The molecule has 1 aromatic rings. The van der Waals surface area contributed by atoms with Gasteiger partial charge in [-0.2, -0.15) is 4.98 Å². The van der Waals surface area contributed by atoms with Crippen LogP contribution in [-0.4, -0.2) is 28.6 Å². The molecule has 1 fully saturated rings. The molecule has 76 valence electrons. The summed E-state index contributed by atoms with van der Waals surface area (Å²) in [5.74, 6) is 0.450. The van der Waals surface area contributed by atoms with Gasteiger partial charge in [0.25, 0.3) is 0 Å². The highest BCUT2D eigenvalue weighted by molar-refractivity contribution is 5.77. The van der Waals surface area contributed by atoms with E-state index in [0.717, 1.165) is 0 Å². The number of amides is 1. The number of carbonyl (C=O) groups is 1. The summed E-state index contributed by atoms with van der Waals surface area (Å²) < 4.78 is 4.53. The van der Waals surface area contributed by atoms with E-state index in [9.17, 15) is 4.79 Å². The molecule has 1 aliphatic carbocycles. The van der Waals surface area contributed by atoms with Crippen molar-refractivity contribution in [3.05, 3.63) is 12.2 Å². The second-order valence-electron chi connectivity index (χ2n) is 3.28. The molecule has 0 unspecified atom stereocenters. The molecule has 0 radical (unpaired) electrons. The summed E-state index contributed by atoms with van der Waals surface area (Å²) >= 11 is 0. The number of nitrogens with one attached hydrogen (secondary N) is 2. The zero-order valence-electron chi connectivity index (χ0n) is 7.69. The van der Waals surface area contributed by atoms with Crippen molar-refractivity contribution in [2.75, 3.05) is 6.54 Å². The molecule has 1 saturated carbocycles. The third-order valence-corrected chi connectivity index (χ3v) is 1.98. The Labute approximate surface area is 81.1 Å². The molecule has 1 heterocycles. The lowest BCUT2D eigenvalue weighted by molar-refractivity contribution is -0.120. The molecule has 2 N–H and O–H groups in total. The van der Waals surface area contributed by atoms with Gasteiger partial charge in [0, 0.05) is 6.04 Å². The van der Waals surface area contributed by atoms with Crippen LogP contribution in [-0.2, 0) is 11.3 Å². The summed E-state index contributed by atoms with van der Waals surface area (Å²) in [5.41, 5.74) is 0. The van der Waals surface area contributed by atoms with Gasteiger partial charge in [0.05, 0.1) is 13.1 Å². The first-order valence-electron chi connectivity index (χ1n) is 4.60. The predicted molar refractivity (Wildman–Crippen MR) is 47.2 cm³/mol. The summed E-state index contributed by atoms with van der Waals surface area (Å²) in [4.78, 5) is 15.0. The van der Waals surface area contributed by atoms with Gasteiger partial charge in [0.1, 0.15) is 0 Å². The van der Waals surface area contributed by atoms with Crippen molar-refractivity contribution >= 4 is 5.91 Å². The van der Waals surface area contributed by atoms with E-state index in [-0.39, 0.29) is 5.91 Å². The van der Waals surface area contributed by atoms with E-state index < -0.39 is 0 Å². The highest BCUT2D eigenvalue weighted by atomic mass is 16.5. The highest BCUT2D eigenvalue weighted by Gasteiger charge is 2.20. The molecule has 1 aliphatic rings. The first kappa shape index (κ1) is 9.14. The van der Waals surface area contributed by atoms with E-state index in [1.165, 1.54) is 19.2 Å². The van der Waals surface area contributed by atoms with Crippen LogP contribution < -0.4 is 10.6 Å². The fourth-order valence-corrected chi connectivity index (χ4v) is 1.03. The zero-order chi connectivity index (χ0) is 9.80. The SMILES string of the molecule is O=C(CNC1CC1)NCc1ncon1. The first-order valence-corrected chi connectivity index (χ1v) is 4.60. The number of nitrogens with zero attached hydrogens (tertiary/aromatic N) is 2. The first-order chi connectivity index (χ1) is 6.84. The molecular formula is C8H12N4O2. The van der Waals surface area contributed by atoms with Crippen LogP contribution in [0.2, 0.25) is 0 Å². The van der Waals surface area contributed by atoms with Crippen LogP contribution in [0.15, 0.2) is 10.9 Å². The summed E-state index contributed by atoms with van der Waals surface area (Å²) in [6, 6.07) is 0.547. The van der Waals surface area contributed by atoms with Crippen molar-refractivity contribution in [3.8, 4) is 0 Å². The van der Waals surface area contributed by atoms with Crippen LogP contribution in [0.25, 0.3) is 0 Å². The lowest BCUT2D eigenvalue weighted by Gasteiger charge is -2.02. The topological polar surface area (TPSA) is 80.0 Å². The van der Waals surface area contributed by atoms with Gasteiger partial charge in [0.15, 0.2) is 5.82 Å². The normalized spacial score (nSPS) is 15.4. The Hall–Kier alpha value is -1.43. The molecule has 0 bridgehead atoms. The summed E-state index contributed by atoms with van der Waals surface area (Å²) in [5, 5.41) is 9.37. The highest BCUT2D eigenvalue weighted by Crippen LogP contribution is 2.17. The van der Waals surface area contributed by atoms with E-state index in [0.29, 0.717) is 25.0 Å². The van der Waals surface area contributed by atoms with Crippen LogP contribution in [0.4, 0.5) is 0 Å². The van der Waals surface area contributed by atoms with E-state index in [4.69, 9.17) is 0 Å². The molecule has 0 spiro atoms. The summed E-state index contributed by atoms with van der Waals surface area (Å²) in [6.45, 7) is 0.685. The van der Waals surface area contributed by atoms with Crippen LogP contribution >= 0.6 is 0 Å². The maximum absolute atomic E-state index is 11.2. The quantitative estimate of drug-likeness (QED) is 0.659. The second kappa shape index (κ2) is 4.19. The maximum Gasteiger partial charge on any atom is 0.234 e. The molecule has 2 rings (SSSR count). The molecule has 6 nitrogen and oxygen atoms in total. The van der Waals surface area contributed by atoms with Gasteiger partial charge < -0.3 is 15.2 Å². The van der Waals surface area contributed by atoms with Gasteiger partial charge >= 0.3 is 0 Å². The maximum atomic E-state index is 11.2. The van der Waals surface area contributed by atoms with Gasteiger partial charge in [-0.1, -0.05) is 5.16 Å². The van der Waals surface area contributed by atoms with E-state index in [1.807, 2.05) is 0 Å². The number of carbonyl (C=O) groups excluding carboxylic acids is 1. The molecule has 0 saturated heterocycles. The minimum Gasteiger partial charge on any atom is -0.348 e. The fourth-order valence-electron chi connectivity index (χ4n) is 1.03. The van der Waals surface area contributed by atoms with Crippen LogP contribution in [0.1, 0.15) is 18.7 Å². The third kappa shape index (κ3) is 2.81. The van der Waals surface area contributed by atoms with Gasteiger partial charge in [-0.25, -0.2) is 0 Å². The van der Waals surface area contributed by atoms with E-state index >= 15 is 0 Å².